The summed E-state index contributed by atoms with van der Waals surface area (Å²) >= 11 is 12.5. The molecule has 2 N–H and O–H groups in total. The van der Waals surface area contributed by atoms with Gasteiger partial charge in [0.1, 0.15) is 0 Å². The third-order valence-electron chi connectivity index (χ3n) is 5.14. The van der Waals surface area contributed by atoms with Gasteiger partial charge in [-0.15, -0.1) is 0 Å². The number of halogens is 2. The van der Waals surface area contributed by atoms with Crippen LogP contribution in [0, 0.1) is 0 Å². The molecule has 29 heavy (non-hydrogen) atoms. The standard InChI is InChI=1S/C19H23Cl2N7O/c1-26-8-10-27(11-9-26)7-3-6-22-18-24-19-23-12-13(17(29)28(19)25-18)16-14(20)4-2-5-15(16)21/h2,4-5,12H,3,6-11H2,1H3,(H2,22,23,24,25). The molecular formula is C19H23Cl2N7O. The monoisotopic (exact) mass is 435 g/mol. The number of aromatic amines is 1. The quantitative estimate of drug-likeness (QED) is 0.578. The molecule has 0 spiro atoms. The van der Waals surface area contributed by atoms with Gasteiger partial charge in [-0.25, -0.2) is 4.98 Å². The lowest BCUT2D eigenvalue weighted by atomic mass is 10.1. The molecule has 1 aromatic carbocycles. The number of rotatable bonds is 6. The lowest BCUT2D eigenvalue weighted by Gasteiger charge is -2.32. The molecule has 0 aliphatic carbocycles. The Bertz CT molecular complexity index is 1040. The van der Waals surface area contributed by atoms with E-state index in [1.165, 1.54) is 10.7 Å². The minimum atomic E-state index is -0.303. The Hall–Kier alpha value is -2.13. The zero-order chi connectivity index (χ0) is 20.4. The second-order valence-corrected chi connectivity index (χ2v) is 8.02. The summed E-state index contributed by atoms with van der Waals surface area (Å²) in [5, 5.41) is 7.01. The first-order valence-electron chi connectivity index (χ1n) is 9.60. The zero-order valence-corrected chi connectivity index (χ0v) is 17.7. The van der Waals surface area contributed by atoms with Gasteiger partial charge in [0.25, 0.3) is 11.3 Å². The Morgan fingerprint density at radius 2 is 1.90 bits per heavy atom. The lowest BCUT2D eigenvalue weighted by molar-refractivity contribution is 0.154. The number of anilines is 1. The highest BCUT2D eigenvalue weighted by atomic mass is 35.5. The molecule has 0 atom stereocenters. The summed E-state index contributed by atoms with van der Waals surface area (Å²) in [5.41, 5.74) is 0.491. The highest BCUT2D eigenvalue weighted by molar-refractivity contribution is 6.39. The Balaban J connectivity index is 1.44. The van der Waals surface area contributed by atoms with Gasteiger partial charge in [0, 0.05) is 44.5 Å². The van der Waals surface area contributed by atoms with Gasteiger partial charge < -0.3 is 15.1 Å². The molecular weight excluding hydrogens is 413 g/mol. The van der Waals surface area contributed by atoms with Gasteiger partial charge in [-0.05, 0) is 32.1 Å². The van der Waals surface area contributed by atoms with Crippen LogP contribution in [0.5, 0.6) is 0 Å². The van der Waals surface area contributed by atoms with Crippen LogP contribution in [0.4, 0.5) is 5.95 Å². The Morgan fingerprint density at radius 3 is 2.62 bits per heavy atom. The third-order valence-corrected chi connectivity index (χ3v) is 5.77. The summed E-state index contributed by atoms with van der Waals surface area (Å²) < 4.78 is 1.30. The van der Waals surface area contributed by atoms with Crippen molar-refractivity contribution >= 4 is 34.9 Å². The van der Waals surface area contributed by atoms with Gasteiger partial charge in [0.05, 0.1) is 15.6 Å². The number of fused-ring (bicyclic) bond motifs is 1. The van der Waals surface area contributed by atoms with Gasteiger partial charge in [-0.2, -0.15) is 9.50 Å². The van der Waals surface area contributed by atoms with E-state index in [4.69, 9.17) is 23.2 Å². The van der Waals surface area contributed by atoms with E-state index in [0.29, 0.717) is 32.9 Å². The summed E-state index contributed by atoms with van der Waals surface area (Å²) in [6.45, 7) is 6.23. The zero-order valence-electron chi connectivity index (χ0n) is 16.2. The van der Waals surface area contributed by atoms with E-state index in [0.717, 1.165) is 45.7 Å². The SMILES string of the molecule is CN1CCN(CCCNc2nc3ncc(-c4c(Cl)cccc4Cl)c(=O)n3[nH]2)CC1. The summed E-state index contributed by atoms with van der Waals surface area (Å²) in [6, 6.07) is 5.12. The predicted octanol–water partition coefficient (Wildman–Crippen LogP) is 2.44. The molecule has 1 aliphatic rings. The van der Waals surface area contributed by atoms with Crippen molar-refractivity contribution in [1.82, 2.24) is 29.4 Å². The molecule has 1 aliphatic heterocycles. The van der Waals surface area contributed by atoms with Crippen LogP contribution in [0.25, 0.3) is 16.9 Å². The second kappa shape index (κ2) is 8.71. The fourth-order valence-corrected chi connectivity index (χ4v) is 4.04. The summed E-state index contributed by atoms with van der Waals surface area (Å²) in [7, 11) is 2.15. The number of nitrogens with zero attached hydrogens (tertiary/aromatic N) is 5. The molecule has 4 rings (SSSR count). The molecule has 3 aromatic rings. The van der Waals surface area contributed by atoms with E-state index < -0.39 is 0 Å². The highest BCUT2D eigenvalue weighted by Crippen LogP contribution is 2.32. The van der Waals surface area contributed by atoms with Crippen molar-refractivity contribution in [3.8, 4) is 11.1 Å². The van der Waals surface area contributed by atoms with E-state index >= 15 is 0 Å². The molecule has 1 saturated heterocycles. The van der Waals surface area contributed by atoms with Crippen LogP contribution in [-0.2, 0) is 0 Å². The summed E-state index contributed by atoms with van der Waals surface area (Å²) in [4.78, 5) is 26.3. The Labute approximate surface area is 178 Å². The normalized spacial score (nSPS) is 15.8. The molecule has 3 heterocycles. The molecule has 1 fully saturated rings. The molecule has 0 amide bonds. The largest absolute Gasteiger partial charge is 0.355 e. The first-order valence-corrected chi connectivity index (χ1v) is 10.4. The third kappa shape index (κ3) is 4.40. The van der Waals surface area contributed by atoms with Crippen molar-refractivity contribution in [2.24, 2.45) is 0 Å². The van der Waals surface area contributed by atoms with Crippen LogP contribution >= 0.6 is 23.2 Å². The predicted molar refractivity (Wildman–Crippen MR) is 116 cm³/mol. The fraction of sp³-hybridized carbons (Fsp3) is 0.421. The molecule has 0 unspecified atom stereocenters. The molecule has 8 nitrogen and oxygen atoms in total. The van der Waals surface area contributed by atoms with E-state index in [1.807, 2.05) is 0 Å². The van der Waals surface area contributed by atoms with Gasteiger partial charge in [0.2, 0.25) is 5.95 Å². The van der Waals surface area contributed by atoms with Gasteiger partial charge >= 0.3 is 0 Å². The van der Waals surface area contributed by atoms with Gasteiger partial charge in [-0.1, -0.05) is 29.3 Å². The van der Waals surface area contributed by atoms with Gasteiger partial charge in [0.15, 0.2) is 0 Å². The molecule has 10 heteroatoms. The number of aromatic nitrogens is 4. The molecule has 0 radical (unpaired) electrons. The molecule has 154 valence electrons. The Kier molecular flexibility index (Phi) is 6.05. The van der Waals surface area contributed by atoms with Gasteiger partial charge in [-0.3, -0.25) is 9.89 Å². The van der Waals surface area contributed by atoms with E-state index in [9.17, 15) is 4.79 Å². The highest BCUT2D eigenvalue weighted by Gasteiger charge is 2.16. The fourth-order valence-electron chi connectivity index (χ4n) is 3.44. The first kappa shape index (κ1) is 20.2. The van der Waals surface area contributed by atoms with Crippen LogP contribution in [0.2, 0.25) is 10.0 Å². The van der Waals surface area contributed by atoms with Crippen molar-refractivity contribution in [2.45, 2.75) is 6.42 Å². The van der Waals surface area contributed by atoms with Crippen molar-refractivity contribution in [2.75, 3.05) is 51.6 Å². The van der Waals surface area contributed by atoms with Crippen LogP contribution < -0.4 is 10.9 Å². The van der Waals surface area contributed by atoms with Crippen molar-refractivity contribution in [1.29, 1.82) is 0 Å². The van der Waals surface area contributed by atoms with Crippen molar-refractivity contribution < 1.29 is 0 Å². The lowest BCUT2D eigenvalue weighted by Crippen LogP contribution is -2.44. The van der Waals surface area contributed by atoms with Crippen LogP contribution in [-0.4, -0.2) is 75.7 Å². The van der Waals surface area contributed by atoms with E-state index in [2.05, 4.69) is 37.2 Å². The number of nitrogens with one attached hydrogen (secondary N) is 2. The second-order valence-electron chi connectivity index (χ2n) is 7.21. The molecule has 2 aromatic heterocycles. The minimum absolute atomic E-state index is 0.295. The van der Waals surface area contributed by atoms with Crippen molar-refractivity contribution in [3.63, 3.8) is 0 Å². The smallest absolute Gasteiger partial charge is 0.281 e. The summed E-state index contributed by atoms with van der Waals surface area (Å²) in [6.07, 6.45) is 2.45. The summed E-state index contributed by atoms with van der Waals surface area (Å²) in [5.74, 6) is 0.805. The van der Waals surface area contributed by atoms with Crippen LogP contribution in [0.1, 0.15) is 6.42 Å². The number of likely N-dealkylation sites (N-methyl/N-ethyl adjacent to an activating group) is 1. The average molecular weight is 436 g/mol. The van der Waals surface area contributed by atoms with E-state index in [1.54, 1.807) is 18.2 Å². The maximum absolute atomic E-state index is 12.9. The van der Waals surface area contributed by atoms with Crippen molar-refractivity contribution in [3.05, 3.63) is 44.8 Å². The first-order chi connectivity index (χ1) is 14.0. The number of benzene rings is 1. The topological polar surface area (TPSA) is 81.6 Å². The minimum Gasteiger partial charge on any atom is -0.355 e. The van der Waals surface area contributed by atoms with E-state index in [-0.39, 0.29) is 5.56 Å². The molecule has 0 saturated carbocycles. The molecule has 0 bridgehead atoms. The maximum atomic E-state index is 12.9. The Morgan fingerprint density at radius 1 is 1.17 bits per heavy atom. The maximum Gasteiger partial charge on any atom is 0.281 e. The number of hydrogen-bond acceptors (Lipinski definition) is 6. The number of H-pyrrole nitrogens is 1. The van der Waals surface area contributed by atoms with Crippen LogP contribution in [0.3, 0.4) is 0 Å². The number of hydrogen-bond donors (Lipinski definition) is 2. The van der Waals surface area contributed by atoms with Crippen LogP contribution in [0.15, 0.2) is 29.2 Å². The number of piperazine rings is 1. The average Bonchev–Trinajstić information content (AvgIpc) is 3.12.